The summed E-state index contributed by atoms with van der Waals surface area (Å²) in [5, 5.41) is 17.5. The van der Waals surface area contributed by atoms with Gasteiger partial charge in [-0.25, -0.2) is 9.78 Å². The van der Waals surface area contributed by atoms with Crippen molar-refractivity contribution in [3.05, 3.63) is 76.4 Å². The van der Waals surface area contributed by atoms with Crippen molar-refractivity contribution in [1.82, 2.24) is 14.9 Å². The van der Waals surface area contributed by atoms with E-state index in [1.54, 1.807) is 47.0 Å². The summed E-state index contributed by atoms with van der Waals surface area (Å²) in [7, 11) is 1.68. The smallest absolute Gasteiger partial charge is 0.321 e. The Hall–Kier alpha value is -4.21. The average Bonchev–Trinajstić information content (AvgIpc) is 3.19. The van der Waals surface area contributed by atoms with Crippen molar-refractivity contribution >= 4 is 34.6 Å². The lowest BCUT2D eigenvalue weighted by atomic mass is 10.1. The van der Waals surface area contributed by atoms with E-state index in [4.69, 9.17) is 0 Å². The summed E-state index contributed by atoms with van der Waals surface area (Å²) in [4.78, 5) is 41.5. The van der Waals surface area contributed by atoms with E-state index in [1.807, 2.05) is 0 Å². The molecule has 31 heavy (non-hydrogen) atoms. The van der Waals surface area contributed by atoms with Gasteiger partial charge in [0.2, 0.25) is 5.78 Å². The molecule has 158 valence electrons. The minimum atomic E-state index is -0.542. The number of anilines is 3. The number of hydrogen-bond donors (Lipinski definition) is 2. The van der Waals surface area contributed by atoms with Crippen LogP contribution in [0.15, 0.2) is 54.9 Å². The van der Waals surface area contributed by atoms with E-state index in [1.165, 1.54) is 24.4 Å². The van der Waals surface area contributed by atoms with Crippen LogP contribution in [0.5, 0.6) is 0 Å². The molecule has 4 rings (SSSR count). The summed E-state index contributed by atoms with van der Waals surface area (Å²) in [5.74, 6) is -0.206. The fourth-order valence-electron chi connectivity index (χ4n) is 3.43. The standard InChI is InChI=1S/C21H20N6O4/c1-25-11-9-22-20(25)19(28)14-6-7-17(18(12-14)27(30)31)24-15-4-2-5-16(13-15)26-10-3-8-23-21(26)29/h2,4-7,9,11-13,24H,3,8,10H2,1H3,(H,23,29). The Kier molecular flexibility index (Phi) is 5.35. The highest BCUT2D eigenvalue weighted by atomic mass is 16.6. The van der Waals surface area contributed by atoms with Gasteiger partial charge in [-0.1, -0.05) is 6.07 Å². The number of nitrogens with one attached hydrogen (secondary N) is 2. The highest BCUT2D eigenvalue weighted by Crippen LogP contribution is 2.31. The number of nitro groups is 1. The molecule has 1 aliphatic heterocycles. The Morgan fingerprint density at radius 1 is 1.26 bits per heavy atom. The molecule has 0 unspecified atom stereocenters. The number of ketones is 1. The van der Waals surface area contributed by atoms with Crippen LogP contribution >= 0.6 is 0 Å². The van der Waals surface area contributed by atoms with E-state index in [-0.39, 0.29) is 28.8 Å². The Morgan fingerprint density at radius 2 is 2.10 bits per heavy atom. The van der Waals surface area contributed by atoms with Crippen molar-refractivity contribution in [1.29, 1.82) is 0 Å². The molecule has 0 spiro atoms. The summed E-state index contributed by atoms with van der Waals surface area (Å²) in [6.45, 7) is 1.24. The molecule has 0 atom stereocenters. The fraction of sp³-hybridized carbons (Fsp3) is 0.190. The molecule has 2 N–H and O–H groups in total. The van der Waals surface area contributed by atoms with E-state index < -0.39 is 10.7 Å². The van der Waals surface area contributed by atoms with Gasteiger partial charge in [0.1, 0.15) is 5.69 Å². The first-order chi connectivity index (χ1) is 14.9. The van der Waals surface area contributed by atoms with E-state index in [0.717, 1.165) is 6.42 Å². The highest BCUT2D eigenvalue weighted by molar-refractivity contribution is 6.07. The first-order valence-corrected chi connectivity index (χ1v) is 9.67. The normalized spacial score (nSPS) is 13.6. The first kappa shape index (κ1) is 20.1. The number of hydrogen-bond acceptors (Lipinski definition) is 6. The number of benzene rings is 2. The molecule has 1 aromatic heterocycles. The van der Waals surface area contributed by atoms with Gasteiger partial charge in [0.15, 0.2) is 5.82 Å². The third-order valence-corrected chi connectivity index (χ3v) is 5.00. The third-order valence-electron chi connectivity index (χ3n) is 5.00. The second-order valence-corrected chi connectivity index (χ2v) is 7.09. The number of nitrogens with zero attached hydrogens (tertiary/aromatic N) is 4. The molecule has 10 nitrogen and oxygen atoms in total. The maximum Gasteiger partial charge on any atom is 0.321 e. The van der Waals surface area contributed by atoms with Crippen LogP contribution in [-0.2, 0) is 7.05 Å². The lowest BCUT2D eigenvalue weighted by Gasteiger charge is -2.27. The molecular weight excluding hydrogens is 400 g/mol. The van der Waals surface area contributed by atoms with Gasteiger partial charge in [-0.15, -0.1) is 0 Å². The first-order valence-electron chi connectivity index (χ1n) is 9.67. The minimum Gasteiger partial charge on any atom is -0.350 e. The van der Waals surface area contributed by atoms with Crippen molar-refractivity contribution in [2.24, 2.45) is 7.05 Å². The van der Waals surface area contributed by atoms with Crippen molar-refractivity contribution in [2.75, 3.05) is 23.3 Å². The number of urea groups is 1. The molecule has 2 aromatic carbocycles. The van der Waals surface area contributed by atoms with Gasteiger partial charge in [0, 0.05) is 55.5 Å². The van der Waals surface area contributed by atoms with Gasteiger partial charge in [-0.05, 0) is 36.8 Å². The molecule has 0 saturated carbocycles. The predicted molar refractivity (Wildman–Crippen MR) is 115 cm³/mol. The number of amides is 2. The molecule has 3 aromatic rings. The summed E-state index contributed by atoms with van der Waals surface area (Å²) in [6, 6.07) is 11.2. The van der Waals surface area contributed by atoms with Crippen LogP contribution in [0, 0.1) is 10.1 Å². The van der Waals surface area contributed by atoms with E-state index in [2.05, 4.69) is 15.6 Å². The number of rotatable bonds is 6. The predicted octanol–water partition coefficient (Wildman–Crippen LogP) is 3.22. The maximum absolute atomic E-state index is 12.7. The number of carbonyl (C=O) groups is 2. The van der Waals surface area contributed by atoms with Gasteiger partial charge in [0.05, 0.1) is 4.92 Å². The summed E-state index contributed by atoms with van der Waals surface area (Å²) in [6.07, 6.45) is 3.96. The van der Waals surface area contributed by atoms with Gasteiger partial charge in [-0.3, -0.25) is 19.8 Å². The highest BCUT2D eigenvalue weighted by Gasteiger charge is 2.22. The minimum absolute atomic E-state index is 0.172. The van der Waals surface area contributed by atoms with Crippen LogP contribution in [-0.4, -0.2) is 39.4 Å². The zero-order valence-corrected chi connectivity index (χ0v) is 16.7. The summed E-state index contributed by atoms with van der Waals surface area (Å²) < 4.78 is 1.56. The number of imidazole rings is 1. The van der Waals surface area contributed by atoms with Gasteiger partial charge in [-0.2, -0.15) is 0 Å². The van der Waals surface area contributed by atoms with Crippen LogP contribution in [0.1, 0.15) is 22.6 Å². The Bertz CT molecular complexity index is 1170. The summed E-state index contributed by atoms with van der Waals surface area (Å²) >= 11 is 0. The Morgan fingerprint density at radius 3 is 2.81 bits per heavy atom. The average molecular weight is 420 g/mol. The molecular formula is C21H20N6O4. The Balaban J connectivity index is 1.62. The number of carbonyl (C=O) groups excluding carboxylic acids is 2. The number of aromatic nitrogens is 2. The summed E-state index contributed by atoms with van der Waals surface area (Å²) in [5.41, 5.74) is 1.45. The van der Waals surface area contributed by atoms with Crippen LogP contribution < -0.4 is 15.5 Å². The van der Waals surface area contributed by atoms with Crippen molar-refractivity contribution in [3.63, 3.8) is 0 Å². The Labute approximate surface area is 177 Å². The van der Waals surface area contributed by atoms with Crippen LogP contribution in [0.2, 0.25) is 0 Å². The van der Waals surface area contributed by atoms with Crippen LogP contribution in [0.3, 0.4) is 0 Å². The van der Waals surface area contributed by atoms with Crippen molar-refractivity contribution < 1.29 is 14.5 Å². The fourth-order valence-corrected chi connectivity index (χ4v) is 3.43. The molecule has 0 aliphatic carbocycles. The molecule has 10 heteroatoms. The maximum atomic E-state index is 12.7. The lowest BCUT2D eigenvalue weighted by molar-refractivity contribution is -0.383. The third kappa shape index (κ3) is 4.08. The largest absolute Gasteiger partial charge is 0.350 e. The second-order valence-electron chi connectivity index (χ2n) is 7.09. The van der Waals surface area contributed by atoms with Gasteiger partial charge in [0.25, 0.3) is 5.69 Å². The van der Waals surface area contributed by atoms with E-state index in [9.17, 15) is 19.7 Å². The van der Waals surface area contributed by atoms with Crippen LogP contribution in [0.4, 0.5) is 27.5 Å². The SMILES string of the molecule is Cn1ccnc1C(=O)c1ccc(Nc2cccc(N3CCCNC3=O)c2)c([N+](=O)[O-])c1. The van der Waals surface area contributed by atoms with Gasteiger partial charge < -0.3 is 15.2 Å². The molecule has 0 radical (unpaired) electrons. The quantitative estimate of drug-likeness (QED) is 0.359. The van der Waals surface area contributed by atoms with Crippen molar-refractivity contribution in [2.45, 2.75) is 6.42 Å². The van der Waals surface area contributed by atoms with Crippen molar-refractivity contribution in [3.8, 4) is 0 Å². The molecule has 0 bridgehead atoms. The monoisotopic (exact) mass is 420 g/mol. The zero-order chi connectivity index (χ0) is 22.0. The molecule has 2 amide bonds. The van der Waals surface area contributed by atoms with Crippen LogP contribution in [0.25, 0.3) is 0 Å². The van der Waals surface area contributed by atoms with E-state index >= 15 is 0 Å². The lowest BCUT2D eigenvalue weighted by Crippen LogP contribution is -2.46. The molecule has 1 saturated heterocycles. The number of aryl methyl sites for hydroxylation is 1. The van der Waals surface area contributed by atoms with E-state index in [0.29, 0.717) is 24.5 Å². The zero-order valence-electron chi connectivity index (χ0n) is 16.7. The second kappa shape index (κ2) is 8.27. The number of nitro benzene ring substituents is 1. The molecule has 2 heterocycles. The topological polar surface area (TPSA) is 122 Å². The molecule has 1 fully saturated rings. The van der Waals surface area contributed by atoms with Gasteiger partial charge >= 0.3 is 6.03 Å². The molecule has 1 aliphatic rings.